The Kier molecular flexibility index (Phi) is 9.67. The molecule has 0 spiro atoms. The molecule has 5 aliphatic rings. The fourth-order valence-electron chi connectivity index (χ4n) is 10.1. The van der Waals surface area contributed by atoms with Gasteiger partial charge in [0.2, 0.25) is 0 Å². The molecule has 1 saturated carbocycles. The zero-order chi connectivity index (χ0) is 37.6. The van der Waals surface area contributed by atoms with Gasteiger partial charge in [0, 0.05) is 81.6 Å². The standard InChI is InChI=1S/C46H49FN4O4/c47-35-6-1-31(2-7-35)40-13-5-33-26-38(52)11-15-41(33)45(40)32-3-8-36(9-4-32)49-19-17-30(18-20-49)28-48-21-23-50(24-22-48)37-10-14-42-34(25-37)29-51(46(42)55)43-16-12-39(53)27-44(43)54/h1-4,6-11,14-15,25-26,30,40,43,45,52H,5,12-13,16-24,27-29H2/t40-,43?,45+/m1/s1. The summed E-state index contributed by atoms with van der Waals surface area (Å²) in [7, 11) is 0. The lowest BCUT2D eigenvalue weighted by Gasteiger charge is -2.40. The molecule has 9 rings (SSSR count). The molecule has 3 fully saturated rings. The minimum absolute atomic E-state index is 0.0238. The quantitative estimate of drug-likeness (QED) is 0.203. The molecule has 1 amide bonds. The Morgan fingerprint density at radius 3 is 2.13 bits per heavy atom. The van der Waals surface area contributed by atoms with Gasteiger partial charge < -0.3 is 19.8 Å². The highest BCUT2D eigenvalue weighted by molar-refractivity contribution is 6.07. The summed E-state index contributed by atoms with van der Waals surface area (Å²) in [5.74, 6) is 0.891. The van der Waals surface area contributed by atoms with Gasteiger partial charge in [-0.3, -0.25) is 19.3 Å². The highest BCUT2D eigenvalue weighted by atomic mass is 19.1. The number of anilines is 2. The number of hydrogen-bond acceptors (Lipinski definition) is 7. The fourth-order valence-corrected chi connectivity index (χ4v) is 10.1. The number of halogens is 1. The molecule has 4 aromatic rings. The largest absolute Gasteiger partial charge is 0.508 e. The summed E-state index contributed by atoms with van der Waals surface area (Å²) in [5, 5.41) is 10.2. The number of rotatable bonds is 7. The number of ketones is 2. The lowest BCUT2D eigenvalue weighted by atomic mass is 9.69. The second kappa shape index (κ2) is 14.9. The second-order valence-electron chi connectivity index (χ2n) is 16.4. The number of phenolic OH excluding ortho intramolecular Hbond substituents is 1. The van der Waals surface area contributed by atoms with Crippen molar-refractivity contribution < 1.29 is 23.9 Å². The number of carbonyl (C=O) groups excluding carboxylic acids is 3. The van der Waals surface area contributed by atoms with Crippen LogP contribution in [0.3, 0.4) is 0 Å². The first-order chi connectivity index (χ1) is 26.8. The molecule has 0 aromatic heterocycles. The van der Waals surface area contributed by atoms with Crippen molar-refractivity contribution in [2.75, 3.05) is 55.6 Å². The first-order valence-corrected chi connectivity index (χ1v) is 20.1. The number of hydrogen-bond donors (Lipinski definition) is 1. The molecule has 0 radical (unpaired) electrons. The van der Waals surface area contributed by atoms with Gasteiger partial charge in [0.25, 0.3) is 5.91 Å². The average molecular weight is 741 g/mol. The molecule has 2 aliphatic carbocycles. The molecule has 8 nitrogen and oxygen atoms in total. The number of benzene rings is 4. The number of aromatic hydroxyl groups is 1. The Balaban J connectivity index is 0.783. The predicted molar refractivity (Wildman–Crippen MR) is 211 cm³/mol. The minimum Gasteiger partial charge on any atom is -0.508 e. The maximum absolute atomic E-state index is 13.8. The molecule has 284 valence electrons. The summed E-state index contributed by atoms with van der Waals surface area (Å²) in [6.45, 7) is 7.55. The van der Waals surface area contributed by atoms with Crippen LogP contribution in [0.4, 0.5) is 15.8 Å². The third-order valence-electron chi connectivity index (χ3n) is 13.1. The zero-order valence-electron chi connectivity index (χ0n) is 31.3. The van der Waals surface area contributed by atoms with Crippen LogP contribution < -0.4 is 9.80 Å². The van der Waals surface area contributed by atoms with E-state index in [-0.39, 0.29) is 41.5 Å². The Morgan fingerprint density at radius 2 is 1.38 bits per heavy atom. The molecular weight excluding hydrogens is 692 g/mol. The summed E-state index contributed by atoms with van der Waals surface area (Å²) in [5.41, 5.74) is 8.90. The molecule has 1 N–H and O–H groups in total. The van der Waals surface area contributed by atoms with Crippen LogP contribution in [0.1, 0.15) is 88.5 Å². The molecule has 0 bridgehead atoms. The number of amides is 1. The summed E-state index contributed by atoms with van der Waals surface area (Å²) >= 11 is 0. The molecule has 3 heterocycles. The van der Waals surface area contributed by atoms with Crippen molar-refractivity contribution in [3.63, 3.8) is 0 Å². The van der Waals surface area contributed by atoms with Crippen LogP contribution in [0.25, 0.3) is 0 Å². The summed E-state index contributed by atoms with van der Waals surface area (Å²) in [6, 6.07) is 27.5. The number of nitrogens with zero attached hydrogens (tertiary/aromatic N) is 4. The summed E-state index contributed by atoms with van der Waals surface area (Å²) in [4.78, 5) is 46.7. The van der Waals surface area contributed by atoms with Crippen molar-refractivity contribution in [3.05, 3.63) is 124 Å². The van der Waals surface area contributed by atoms with Crippen molar-refractivity contribution in [3.8, 4) is 5.75 Å². The number of fused-ring (bicyclic) bond motifs is 2. The second-order valence-corrected chi connectivity index (χ2v) is 16.4. The smallest absolute Gasteiger partial charge is 0.255 e. The van der Waals surface area contributed by atoms with Crippen molar-refractivity contribution in [2.45, 2.75) is 69.4 Å². The minimum atomic E-state index is -0.484. The van der Waals surface area contributed by atoms with Crippen LogP contribution in [0.2, 0.25) is 0 Å². The molecule has 3 atom stereocenters. The first kappa shape index (κ1) is 35.7. The monoisotopic (exact) mass is 740 g/mol. The van der Waals surface area contributed by atoms with Gasteiger partial charge in [0.15, 0.2) is 5.78 Å². The number of piperidine rings is 1. The lowest BCUT2D eigenvalue weighted by molar-refractivity contribution is -0.133. The van der Waals surface area contributed by atoms with Gasteiger partial charge in [0.1, 0.15) is 17.3 Å². The molecule has 2 saturated heterocycles. The van der Waals surface area contributed by atoms with Gasteiger partial charge in [0.05, 0.1) is 12.5 Å². The molecule has 1 unspecified atom stereocenters. The number of aryl methyl sites for hydroxylation is 1. The summed E-state index contributed by atoms with van der Waals surface area (Å²) in [6.07, 6.45) is 4.92. The molecule has 9 heteroatoms. The maximum atomic E-state index is 13.8. The topological polar surface area (TPSA) is 84.4 Å². The van der Waals surface area contributed by atoms with Gasteiger partial charge in [-0.1, -0.05) is 30.3 Å². The van der Waals surface area contributed by atoms with Crippen molar-refractivity contribution in [2.24, 2.45) is 5.92 Å². The van der Waals surface area contributed by atoms with Crippen LogP contribution >= 0.6 is 0 Å². The third-order valence-corrected chi connectivity index (χ3v) is 13.1. The number of carbonyl (C=O) groups is 3. The number of piperazine rings is 1. The van der Waals surface area contributed by atoms with Gasteiger partial charge >= 0.3 is 0 Å². The average Bonchev–Trinajstić information content (AvgIpc) is 3.53. The lowest BCUT2D eigenvalue weighted by Crippen LogP contribution is -2.49. The van der Waals surface area contributed by atoms with E-state index in [1.807, 2.05) is 30.3 Å². The van der Waals surface area contributed by atoms with Crippen molar-refractivity contribution in [1.82, 2.24) is 9.80 Å². The van der Waals surface area contributed by atoms with Gasteiger partial charge in [-0.2, -0.15) is 0 Å². The Hall–Kier alpha value is -5.02. The number of phenols is 1. The Labute approximate surface area is 322 Å². The van der Waals surface area contributed by atoms with Crippen LogP contribution in [-0.2, 0) is 22.6 Å². The Morgan fingerprint density at radius 1 is 0.673 bits per heavy atom. The molecule has 4 aromatic carbocycles. The molecule has 55 heavy (non-hydrogen) atoms. The van der Waals surface area contributed by atoms with Crippen LogP contribution in [0.15, 0.2) is 84.9 Å². The normalized spacial score (nSPS) is 23.6. The van der Waals surface area contributed by atoms with Crippen LogP contribution in [-0.4, -0.2) is 84.2 Å². The van der Waals surface area contributed by atoms with E-state index >= 15 is 0 Å². The number of Topliss-reactive ketones (excluding diaryl/α,β-unsaturated/α-hetero) is 2. The zero-order valence-corrected chi connectivity index (χ0v) is 31.3. The summed E-state index contributed by atoms with van der Waals surface area (Å²) < 4.78 is 13.8. The van der Waals surface area contributed by atoms with E-state index in [9.17, 15) is 23.9 Å². The van der Waals surface area contributed by atoms with E-state index in [1.54, 1.807) is 23.1 Å². The van der Waals surface area contributed by atoms with Crippen LogP contribution in [0, 0.1) is 11.7 Å². The van der Waals surface area contributed by atoms with Crippen molar-refractivity contribution >= 4 is 28.8 Å². The van der Waals surface area contributed by atoms with Crippen LogP contribution in [0.5, 0.6) is 5.75 Å². The third kappa shape index (κ3) is 7.15. The SMILES string of the molecule is O=C1CCC(N2Cc3cc(N4CCN(CC5CCN(c6ccc([C@@H]7c8ccc(O)cc8CC[C@@H]7c7ccc(F)cc7)cc6)CC5)CC4)ccc3C2=O)C(=O)C1. The van der Waals surface area contributed by atoms with E-state index in [0.29, 0.717) is 36.6 Å². The van der Waals surface area contributed by atoms with E-state index in [0.717, 1.165) is 75.5 Å². The van der Waals surface area contributed by atoms with Gasteiger partial charge in [-0.05, 0) is 126 Å². The van der Waals surface area contributed by atoms with Gasteiger partial charge in [-0.15, -0.1) is 0 Å². The van der Waals surface area contributed by atoms with Crippen molar-refractivity contribution in [1.29, 1.82) is 0 Å². The van der Waals surface area contributed by atoms with E-state index in [1.165, 1.54) is 35.2 Å². The molecule has 3 aliphatic heterocycles. The Bertz CT molecular complexity index is 2090. The predicted octanol–water partition coefficient (Wildman–Crippen LogP) is 7.08. The van der Waals surface area contributed by atoms with Gasteiger partial charge in [-0.25, -0.2) is 4.39 Å². The fraction of sp³-hybridized carbons (Fsp3) is 0.413. The van der Waals surface area contributed by atoms with E-state index in [2.05, 4.69) is 51.1 Å². The maximum Gasteiger partial charge on any atom is 0.255 e. The molecular formula is C46H49FN4O4. The highest BCUT2D eigenvalue weighted by Crippen LogP contribution is 2.47. The van der Waals surface area contributed by atoms with E-state index < -0.39 is 6.04 Å². The highest BCUT2D eigenvalue weighted by Gasteiger charge is 2.39. The van der Waals surface area contributed by atoms with E-state index in [4.69, 9.17) is 0 Å². The first-order valence-electron chi connectivity index (χ1n) is 20.1.